The van der Waals surface area contributed by atoms with Gasteiger partial charge in [-0.3, -0.25) is 28.9 Å². The highest BCUT2D eigenvalue weighted by Gasteiger charge is 2.45. The van der Waals surface area contributed by atoms with Gasteiger partial charge in [-0.2, -0.15) is 0 Å². The van der Waals surface area contributed by atoms with E-state index in [1.165, 1.54) is 17.4 Å². The van der Waals surface area contributed by atoms with Crippen molar-refractivity contribution < 1.29 is 57.1 Å². The third kappa shape index (κ3) is 13.5. The van der Waals surface area contributed by atoms with Crippen molar-refractivity contribution in [2.24, 2.45) is 5.92 Å². The molecule has 1 saturated heterocycles. The molecule has 43 heavy (non-hydrogen) atoms. The summed E-state index contributed by atoms with van der Waals surface area (Å²) in [6.07, 6.45) is -1.00. The van der Waals surface area contributed by atoms with Crippen molar-refractivity contribution in [1.29, 1.82) is 0 Å². The standard InChI is InChI=1S/C23H36BCl2N3O12P2/c1-15(2)13-20(27-21(31)6-5-19(30)17-14-16(25)3-4-18(17)26)24-40-11-8-29(9-12-41-24)7-10-39-22(32)28-23(42(33,34)35)43(36,37)38/h3-4,14-15,20,23H,5-13H2,1-2H3,(H,27,31)(H,28,32)(H2,33,34,35)(H2,36,37,38)/t20-/m1/s1. The molecule has 1 aliphatic rings. The largest absolute Gasteiger partial charge is 0.480 e. The first kappa shape index (κ1) is 37.6. The van der Waals surface area contributed by atoms with E-state index < -0.39 is 39.9 Å². The molecule has 2 amide bonds. The van der Waals surface area contributed by atoms with Crippen LogP contribution in [0.1, 0.15) is 43.5 Å². The number of nitrogens with one attached hydrogen (secondary N) is 2. The van der Waals surface area contributed by atoms with Gasteiger partial charge >= 0.3 is 28.4 Å². The number of alkyl carbamates (subject to hydrolysis) is 1. The molecule has 6 N–H and O–H groups in total. The molecule has 0 bridgehead atoms. The van der Waals surface area contributed by atoms with Crippen LogP contribution >= 0.6 is 38.4 Å². The summed E-state index contributed by atoms with van der Waals surface area (Å²) in [5, 5.41) is 5.03. The summed E-state index contributed by atoms with van der Waals surface area (Å²) >= 11 is 12.0. The Bertz CT molecular complexity index is 1190. The number of carbonyl (C=O) groups excluding carboxylic acids is 3. The second-order valence-corrected chi connectivity index (χ2v) is 14.8. The predicted molar refractivity (Wildman–Crippen MR) is 158 cm³/mol. The molecule has 242 valence electrons. The lowest BCUT2D eigenvalue weighted by atomic mass is 9.73. The second kappa shape index (κ2) is 17.2. The molecule has 0 aromatic heterocycles. The quantitative estimate of drug-likeness (QED) is 0.0938. The number of ketones is 1. The number of ether oxygens (including phenoxy) is 1. The maximum absolute atomic E-state index is 12.7. The summed E-state index contributed by atoms with van der Waals surface area (Å²) in [6, 6.07) is 4.54. The number of carbonyl (C=O) groups is 3. The van der Waals surface area contributed by atoms with Crippen LogP contribution in [0, 0.1) is 5.92 Å². The second-order valence-electron chi connectivity index (χ2n) is 10.1. The van der Waals surface area contributed by atoms with Crippen LogP contribution in [0.3, 0.4) is 0 Å². The van der Waals surface area contributed by atoms with Gasteiger partial charge in [0.15, 0.2) is 5.78 Å². The Labute approximate surface area is 259 Å². The third-order valence-electron chi connectivity index (χ3n) is 6.11. The summed E-state index contributed by atoms with van der Waals surface area (Å²) in [7, 11) is -11.5. The average molecular weight is 690 g/mol. The molecule has 1 atom stereocenters. The molecule has 20 heteroatoms. The molecule has 0 saturated carbocycles. The number of halogens is 2. The molecule has 1 aromatic carbocycles. The number of hydrogen-bond acceptors (Lipinski definition) is 9. The Kier molecular flexibility index (Phi) is 15.1. The van der Waals surface area contributed by atoms with Gasteiger partial charge in [0.05, 0.1) is 11.0 Å². The number of amides is 2. The molecular formula is C23H36BCl2N3O12P2. The van der Waals surface area contributed by atoms with Crippen LogP contribution in [0.2, 0.25) is 10.0 Å². The fraction of sp³-hybridized carbons (Fsp3) is 0.609. The summed E-state index contributed by atoms with van der Waals surface area (Å²) in [5.74, 6) is -0.980. The van der Waals surface area contributed by atoms with Crippen LogP contribution in [-0.4, -0.2) is 100 Å². The van der Waals surface area contributed by atoms with Crippen molar-refractivity contribution in [1.82, 2.24) is 15.5 Å². The number of rotatable bonds is 14. The first-order chi connectivity index (χ1) is 20.0. The molecule has 15 nitrogen and oxygen atoms in total. The van der Waals surface area contributed by atoms with Gasteiger partial charge in [0, 0.05) is 56.3 Å². The zero-order valence-electron chi connectivity index (χ0n) is 23.6. The Morgan fingerprint density at radius 3 is 2.19 bits per heavy atom. The molecule has 0 unspecified atom stereocenters. The maximum atomic E-state index is 12.7. The molecular weight excluding hydrogens is 654 g/mol. The fourth-order valence-electron chi connectivity index (χ4n) is 4.09. The van der Waals surface area contributed by atoms with Crippen LogP contribution in [0.4, 0.5) is 4.79 Å². The lowest BCUT2D eigenvalue weighted by molar-refractivity contribution is -0.121. The Hall–Kier alpha value is -1.55. The van der Waals surface area contributed by atoms with E-state index in [4.69, 9.17) is 56.8 Å². The van der Waals surface area contributed by atoms with E-state index in [1.54, 1.807) is 6.07 Å². The molecule has 1 fully saturated rings. The molecule has 1 heterocycles. The lowest BCUT2D eigenvalue weighted by Gasteiger charge is -2.31. The highest BCUT2D eigenvalue weighted by Crippen LogP contribution is 2.58. The number of benzene rings is 1. The third-order valence-corrected chi connectivity index (χ3v) is 10.0. The van der Waals surface area contributed by atoms with Crippen molar-refractivity contribution in [2.45, 2.75) is 44.6 Å². The molecule has 1 aromatic rings. The van der Waals surface area contributed by atoms with E-state index >= 15 is 0 Å². The zero-order valence-corrected chi connectivity index (χ0v) is 26.9. The first-order valence-corrected chi connectivity index (χ1v) is 17.4. The van der Waals surface area contributed by atoms with E-state index in [-0.39, 0.29) is 67.4 Å². The van der Waals surface area contributed by atoms with Crippen molar-refractivity contribution in [2.75, 3.05) is 39.5 Å². The van der Waals surface area contributed by atoms with Crippen LogP contribution in [0.15, 0.2) is 18.2 Å². The zero-order chi connectivity index (χ0) is 32.4. The summed E-state index contributed by atoms with van der Waals surface area (Å²) in [6.45, 7) is 5.01. The number of Topliss-reactive ketones (excluding diaryl/α,β-unsaturated/α-hetero) is 1. The van der Waals surface area contributed by atoms with E-state index in [9.17, 15) is 23.5 Å². The Morgan fingerprint density at radius 1 is 1.02 bits per heavy atom. The highest BCUT2D eigenvalue weighted by molar-refractivity contribution is 7.70. The van der Waals surface area contributed by atoms with Crippen molar-refractivity contribution in [3.8, 4) is 0 Å². The molecule has 1 aliphatic heterocycles. The van der Waals surface area contributed by atoms with Gasteiger partial charge in [-0.05, 0) is 30.5 Å². The lowest BCUT2D eigenvalue weighted by Crippen LogP contribution is -2.52. The molecule has 2 rings (SSSR count). The molecule has 0 radical (unpaired) electrons. The SMILES string of the molecule is CC(C)C[C@@H](NC(=O)CCC(=O)c1cc(Cl)ccc1Cl)B1OCCN(CCOC(=O)NC(P(=O)(O)O)P(=O)(O)O)CCO1. The van der Waals surface area contributed by atoms with Gasteiger partial charge in [0.2, 0.25) is 11.4 Å². The van der Waals surface area contributed by atoms with Gasteiger partial charge < -0.3 is 38.9 Å². The summed E-state index contributed by atoms with van der Waals surface area (Å²) in [5.41, 5.74) is -2.47. The van der Waals surface area contributed by atoms with Crippen LogP contribution < -0.4 is 10.6 Å². The van der Waals surface area contributed by atoms with Crippen molar-refractivity contribution >= 4 is 63.3 Å². The molecule has 0 aliphatic carbocycles. The van der Waals surface area contributed by atoms with Gasteiger partial charge in [0.1, 0.15) is 6.61 Å². The van der Waals surface area contributed by atoms with Gasteiger partial charge in [-0.25, -0.2) is 4.79 Å². The van der Waals surface area contributed by atoms with Crippen molar-refractivity contribution in [3.05, 3.63) is 33.8 Å². The average Bonchev–Trinajstić information content (AvgIpc) is 2.86. The van der Waals surface area contributed by atoms with Gasteiger partial charge in [0.25, 0.3) is 0 Å². The van der Waals surface area contributed by atoms with Gasteiger partial charge in [-0.1, -0.05) is 37.0 Å². The molecule has 0 spiro atoms. The normalized spacial score (nSPS) is 16.0. The Morgan fingerprint density at radius 2 is 1.63 bits per heavy atom. The fourth-order valence-corrected chi connectivity index (χ4v) is 6.60. The van der Waals surface area contributed by atoms with Crippen molar-refractivity contribution in [3.63, 3.8) is 0 Å². The smallest absolute Gasteiger partial charge is 0.448 e. The van der Waals surface area contributed by atoms with E-state index in [1.807, 2.05) is 18.7 Å². The van der Waals surface area contributed by atoms with Gasteiger partial charge in [-0.15, -0.1) is 0 Å². The minimum absolute atomic E-state index is 0.0684. The minimum atomic E-state index is -5.35. The number of hydrogen-bond donors (Lipinski definition) is 6. The Balaban J connectivity index is 1.84. The topological polar surface area (TPSA) is 221 Å². The predicted octanol–water partition coefficient (Wildman–Crippen LogP) is 2.23. The number of nitrogens with zero attached hydrogens (tertiary/aromatic N) is 1. The van der Waals surface area contributed by atoms with E-state index in [0.717, 1.165) is 0 Å². The monoisotopic (exact) mass is 689 g/mol. The van der Waals surface area contributed by atoms with E-state index in [0.29, 0.717) is 24.5 Å². The first-order valence-electron chi connectivity index (χ1n) is 13.2. The summed E-state index contributed by atoms with van der Waals surface area (Å²) < 4.78 is 39.2. The van der Waals surface area contributed by atoms with Crippen LogP contribution in [0.5, 0.6) is 0 Å². The minimum Gasteiger partial charge on any atom is -0.448 e. The van der Waals surface area contributed by atoms with E-state index in [2.05, 4.69) is 5.32 Å². The summed E-state index contributed by atoms with van der Waals surface area (Å²) in [4.78, 5) is 75.3. The highest BCUT2D eigenvalue weighted by atomic mass is 35.5. The van der Waals surface area contributed by atoms with Crippen LogP contribution in [0.25, 0.3) is 0 Å². The maximum Gasteiger partial charge on any atom is 0.480 e. The van der Waals surface area contributed by atoms with Crippen LogP contribution in [-0.2, 0) is 28.0 Å².